The number of nitrogens with two attached hydrogens (primary N) is 1. The highest BCUT2D eigenvalue weighted by atomic mass is 32.2. The number of likely N-dealkylation sites (tertiary alicyclic amines) is 1. The van der Waals surface area contributed by atoms with Gasteiger partial charge in [0.15, 0.2) is 0 Å². The van der Waals surface area contributed by atoms with Gasteiger partial charge in [0.05, 0.1) is 35.1 Å². The van der Waals surface area contributed by atoms with Crippen LogP contribution in [0, 0.1) is 0 Å². The maximum absolute atomic E-state index is 15.7. The Bertz CT molecular complexity index is 1290. The molecule has 1 aliphatic heterocycles. The van der Waals surface area contributed by atoms with E-state index in [2.05, 4.69) is 9.97 Å². The van der Waals surface area contributed by atoms with Gasteiger partial charge in [0, 0.05) is 18.1 Å². The summed E-state index contributed by atoms with van der Waals surface area (Å²) in [6.07, 6.45) is 0.709. The molecule has 0 radical (unpaired) electrons. The number of benzene rings is 1. The number of halogens is 1. The van der Waals surface area contributed by atoms with Crippen LogP contribution >= 0.6 is 0 Å². The number of hydrogen-bond acceptors (Lipinski definition) is 6. The van der Waals surface area contributed by atoms with Crippen LogP contribution in [-0.2, 0) is 14.8 Å². The van der Waals surface area contributed by atoms with Crippen molar-refractivity contribution in [1.82, 2.24) is 14.9 Å². The third-order valence-electron chi connectivity index (χ3n) is 5.57. The summed E-state index contributed by atoms with van der Waals surface area (Å²) in [7, 11) is -4.21. The van der Waals surface area contributed by atoms with E-state index < -0.39 is 33.9 Å². The van der Waals surface area contributed by atoms with Gasteiger partial charge >= 0.3 is 6.09 Å². The van der Waals surface area contributed by atoms with Crippen LogP contribution < -0.4 is 10.0 Å². The lowest BCUT2D eigenvalue weighted by Crippen LogP contribution is -2.56. The normalized spacial score (nSPS) is 19.2. The van der Waals surface area contributed by atoms with E-state index in [1.54, 1.807) is 51.2 Å². The molecule has 34 heavy (non-hydrogen) atoms. The summed E-state index contributed by atoms with van der Waals surface area (Å²) >= 11 is 0. The van der Waals surface area contributed by atoms with Crippen molar-refractivity contribution in [1.29, 1.82) is 0 Å². The average Bonchev–Trinajstić information content (AvgIpc) is 3.24. The fourth-order valence-corrected chi connectivity index (χ4v) is 5.84. The van der Waals surface area contributed by atoms with Gasteiger partial charge in [-0.2, -0.15) is 0 Å². The Morgan fingerprint density at radius 2 is 1.97 bits per heavy atom. The maximum atomic E-state index is 15.7. The zero-order chi connectivity index (χ0) is 24.7. The van der Waals surface area contributed by atoms with Gasteiger partial charge in [-0.15, -0.1) is 0 Å². The number of sulfonamides is 1. The number of anilines is 2. The molecule has 2 aromatic heterocycles. The number of ether oxygens (including phenoxy) is 1. The molecule has 1 aromatic carbocycles. The van der Waals surface area contributed by atoms with Crippen molar-refractivity contribution in [2.45, 2.75) is 49.9 Å². The molecule has 182 valence electrons. The summed E-state index contributed by atoms with van der Waals surface area (Å²) in [5.41, 5.74) is 6.20. The maximum Gasteiger partial charge on any atom is 0.410 e. The number of hydrogen-bond donors (Lipinski definition) is 2. The molecule has 1 aliphatic rings. The van der Waals surface area contributed by atoms with E-state index in [-0.39, 0.29) is 35.8 Å². The van der Waals surface area contributed by atoms with Gasteiger partial charge in [-0.3, -0.25) is 4.31 Å². The first-order chi connectivity index (χ1) is 16.0. The highest BCUT2D eigenvalue weighted by molar-refractivity contribution is 7.93. The smallest absolute Gasteiger partial charge is 0.410 e. The summed E-state index contributed by atoms with van der Waals surface area (Å²) < 4.78 is 49.9. The van der Waals surface area contributed by atoms with Crippen LogP contribution in [0.5, 0.6) is 0 Å². The molecule has 1 amide bonds. The van der Waals surface area contributed by atoms with Gasteiger partial charge in [0.1, 0.15) is 17.4 Å². The molecular weight excluding hydrogens is 461 g/mol. The standard InChI is InChI=1S/C23H28FN5O4S/c1-23(2,3)33-22(30)28-12-10-19(17(24)14-28)29(34(31,32)15-7-5-4-6-8-15)20-16-9-11-26-21(16)27-13-18(20)25/h4-9,11,13,17,19H,10,12,14,25H2,1-3H3,(H,26,27). The van der Waals surface area contributed by atoms with Crippen LogP contribution in [0.25, 0.3) is 11.0 Å². The molecule has 3 N–H and O–H groups in total. The molecule has 1 fully saturated rings. The van der Waals surface area contributed by atoms with Crippen molar-refractivity contribution in [3.63, 3.8) is 0 Å². The molecule has 0 bridgehead atoms. The van der Waals surface area contributed by atoms with E-state index in [0.717, 1.165) is 4.31 Å². The third kappa shape index (κ3) is 4.52. The Morgan fingerprint density at radius 1 is 1.26 bits per heavy atom. The minimum absolute atomic E-state index is 0.0108. The number of nitrogens with one attached hydrogen (secondary N) is 1. The second-order valence-corrected chi connectivity index (χ2v) is 11.0. The molecule has 11 heteroatoms. The van der Waals surface area contributed by atoms with E-state index in [4.69, 9.17) is 10.5 Å². The number of carbonyl (C=O) groups excluding carboxylic acids is 1. The van der Waals surface area contributed by atoms with Crippen LogP contribution in [-0.4, -0.2) is 60.3 Å². The first kappa shape index (κ1) is 23.8. The number of aromatic amines is 1. The second-order valence-electron chi connectivity index (χ2n) is 9.21. The Kier molecular flexibility index (Phi) is 6.15. The molecule has 0 spiro atoms. The van der Waals surface area contributed by atoms with Gasteiger partial charge in [0.2, 0.25) is 0 Å². The Morgan fingerprint density at radius 3 is 2.62 bits per heavy atom. The zero-order valence-corrected chi connectivity index (χ0v) is 20.0. The molecule has 9 nitrogen and oxygen atoms in total. The third-order valence-corrected chi connectivity index (χ3v) is 7.41. The number of pyridine rings is 1. The highest BCUT2D eigenvalue weighted by Gasteiger charge is 2.43. The Balaban J connectivity index is 1.77. The predicted octanol–water partition coefficient (Wildman–Crippen LogP) is 3.69. The van der Waals surface area contributed by atoms with Crippen molar-refractivity contribution in [3.05, 3.63) is 48.8 Å². The number of rotatable bonds is 4. The first-order valence-corrected chi connectivity index (χ1v) is 12.4. The number of aromatic nitrogens is 2. The largest absolute Gasteiger partial charge is 0.444 e. The van der Waals surface area contributed by atoms with Crippen LogP contribution in [0.15, 0.2) is 53.7 Å². The summed E-state index contributed by atoms with van der Waals surface area (Å²) in [6, 6.07) is 8.38. The van der Waals surface area contributed by atoms with Crippen LogP contribution in [0.2, 0.25) is 0 Å². The quantitative estimate of drug-likeness (QED) is 0.577. The molecule has 3 aromatic rings. The van der Waals surface area contributed by atoms with Crippen LogP contribution in [0.3, 0.4) is 0 Å². The Hall–Kier alpha value is -3.34. The summed E-state index contributed by atoms with van der Waals surface area (Å²) in [5.74, 6) is 0. The number of alkyl halides is 1. The number of H-pyrrole nitrogens is 1. The number of carbonyl (C=O) groups is 1. The number of amides is 1. The van der Waals surface area contributed by atoms with Gasteiger partial charge in [0.25, 0.3) is 10.0 Å². The van der Waals surface area contributed by atoms with Crippen molar-refractivity contribution in [2.24, 2.45) is 0 Å². The van der Waals surface area contributed by atoms with E-state index in [1.165, 1.54) is 23.2 Å². The van der Waals surface area contributed by atoms with Crippen molar-refractivity contribution >= 4 is 38.5 Å². The minimum Gasteiger partial charge on any atom is -0.444 e. The average molecular weight is 490 g/mol. The van der Waals surface area contributed by atoms with Crippen molar-refractivity contribution < 1.29 is 22.3 Å². The lowest BCUT2D eigenvalue weighted by Gasteiger charge is -2.41. The fourth-order valence-electron chi connectivity index (χ4n) is 4.07. The number of fused-ring (bicyclic) bond motifs is 1. The monoisotopic (exact) mass is 489 g/mol. The Labute approximate surface area is 197 Å². The predicted molar refractivity (Wildman–Crippen MR) is 128 cm³/mol. The zero-order valence-electron chi connectivity index (χ0n) is 19.2. The molecule has 4 rings (SSSR count). The summed E-state index contributed by atoms with van der Waals surface area (Å²) in [4.78, 5) is 20.9. The van der Waals surface area contributed by atoms with Crippen molar-refractivity contribution in [2.75, 3.05) is 23.1 Å². The molecule has 2 atom stereocenters. The summed E-state index contributed by atoms with van der Waals surface area (Å²) in [5, 5.41) is 0.460. The van der Waals surface area contributed by atoms with Crippen LogP contribution in [0.1, 0.15) is 27.2 Å². The van der Waals surface area contributed by atoms with E-state index in [1.807, 2.05) is 0 Å². The molecule has 0 aliphatic carbocycles. The molecule has 0 saturated carbocycles. The minimum atomic E-state index is -4.21. The number of nitrogens with zero attached hydrogens (tertiary/aromatic N) is 3. The van der Waals surface area contributed by atoms with Gasteiger partial charge in [-0.25, -0.2) is 22.6 Å². The molecule has 2 unspecified atom stereocenters. The molecular formula is C23H28FN5O4S. The van der Waals surface area contributed by atoms with Crippen molar-refractivity contribution in [3.8, 4) is 0 Å². The highest BCUT2D eigenvalue weighted by Crippen LogP contribution is 2.39. The lowest BCUT2D eigenvalue weighted by molar-refractivity contribution is 0.0118. The molecule has 1 saturated heterocycles. The van der Waals surface area contributed by atoms with Crippen LogP contribution in [0.4, 0.5) is 20.6 Å². The SMILES string of the molecule is CC(C)(C)OC(=O)N1CCC(N(c2c(N)cnc3[nH]ccc23)S(=O)(=O)c2ccccc2)C(F)C1. The van der Waals surface area contributed by atoms with E-state index in [0.29, 0.717) is 11.0 Å². The van der Waals surface area contributed by atoms with E-state index in [9.17, 15) is 13.2 Å². The van der Waals surface area contributed by atoms with Gasteiger partial charge in [-0.1, -0.05) is 18.2 Å². The number of nitrogen functional groups attached to an aromatic ring is 1. The lowest BCUT2D eigenvalue weighted by atomic mass is 10.0. The van der Waals surface area contributed by atoms with E-state index >= 15 is 4.39 Å². The van der Waals surface area contributed by atoms with Gasteiger partial charge in [-0.05, 0) is 45.4 Å². The summed E-state index contributed by atoms with van der Waals surface area (Å²) in [6.45, 7) is 5.01. The number of piperidine rings is 1. The van der Waals surface area contributed by atoms with Gasteiger partial charge < -0.3 is 20.4 Å². The topological polar surface area (TPSA) is 122 Å². The molecule has 3 heterocycles. The first-order valence-electron chi connectivity index (χ1n) is 10.9. The second kappa shape index (κ2) is 8.79. The fraction of sp³-hybridized carbons (Fsp3) is 0.391.